The molecule has 0 bridgehead atoms. The maximum Gasteiger partial charge on any atom is 0.208 e. The van der Waals surface area contributed by atoms with Crippen LogP contribution in [0.2, 0.25) is 0 Å². The highest BCUT2D eigenvalue weighted by Crippen LogP contribution is 2.53. The first-order valence-electron chi connectivity index (χ1n) is 11.4. The van der Waals surface area contributed by atoms with Gasteiger partial charge < -0.3 is 25.5 Å². The van der Waals surface area contributed by atoms with Crippen molar-refractivity contribution in [2.45, 2.75) is 0 Å². The van der Waals surface area contributed by atoms with E-state index >= 15 is 0 Å². The molecular weight excluding hydrogens is 472 g/mol. The van der Waals surface area contributed by atoms with Crippen LogP contribution in [0.25, 0.3) is 55.5 Å². The van der Waals surface area contributed by atoms with Crippen molar-refractivity contribution in [1.29, 1.82) is 0 Å². The SMILES string of the molecule is Oc1c(O)c(O)c(-n2c3ccccc3c3nc4c5ccccc5n(-c5ccccc5)c4nc32)c(O)c1O. The summed E-state index contributed by atoms with van der Waals surface area (Å²) in [6, 6.07) is 24.7. The molecule has 0 amide bonds. The Balaban J connectivity index is 1.72. The molecule has 0 aliphatic carbocycles. The van der Waals surface area contributed by atoms with Crippen molar-refractivity contribution in [2.75, 3.05) is 0 Å². The molecule has 3 aromatic heterocycles. The highest BCUT2D eigenvalue weighted by Gasteiger charge is 2.28. The summed E-state index contributed by atoms with van der Waals surface area (Å²) >= 11 is 0. The summed E-state index contributed by atoms with van der Waals surface area (Å²) in [7, 11) is 0. The second kappa shape index (κ2) is 7.28. The van der Waals surface area contributed by atoms with E-state index in [2.05, 4.69) is 0 Å². The van der Waals surface area contributed by atoms with Crippen LogP contribution in [-0.2, 0) is 0 Å². The second-order valence-electron chi connectivity index (χ2n) is 8.70. The van der Waals surface area contributed by atoms with E-state index in [1.165, 1.54) is 4.57 Å². The zero-order valence-electron chi connectivity index (χ0n) is 19.0. The lowest BCUT2D eigenvalue weighted by Crippen LogP contribution is -2.00. The van der Waals surface area contributed by atoms with Crippen LogP contribution in [0.1, 0.15) is 0 Å². The lowest BCUT2D eigenvalue weighted by molar-refractivity contribution is 0.327. The number of para-hydroxylation sites is 3. The van der Waals surface area contributed by atoms with Crippen LogP contribution in [0.3, 0.4) is 0 Å². The fourth-order valence-corrected chi connectivity index (χ4v) is 5.01. The zero-order chi connectivity index (χ0) is 25.4. The quantitative estimate of drug-likeness (QED) is 0.166. The van der Waals surface area contributed by atoms with Gasteiger partial charge in [-0.3, -0.25) is 9.13 Å². The van der Waals surface area contributed by atoms with Gasteiger partial charge in [-0.1, -0.05) is 54.6 Å². The lowest BCUT2D eigenvalue weighted by Gasteiger charge is -2.14. The van der Waals surface area contributed by atoms with Gasteiger partial charge >= 0.3 is 0 Å². The molecule has 0 fully saturated rings. The van der Waals surface area contributed by atoms with E-state index in [9.17, 15) is 25.5 Å². The first-order chi connectivity index (χ1) is 18.0. The minimum absolute atomic E-state index is 0.267. The Labute approximate surface area is 208 Å². The van der Waals surface area contributed by atoms with Gasteiger partial charge in [0.1, 0.15) is 16.7 Å². The molecule has 9 heteroatoms. The molecule has 0 atom stereocenters. The first-order valence-corrected chi connectivity index (χ1v) is 11.4. The number of hydrogen-bond acceptors (Lipinski definition) is 7. The third kappa shape index (κ3) is 2.67. The number of rotatable bonds is 2. The van der Waals surface area contributed by atoms with E-state index in [0.717, 1.165) is 16.6 Å². The standard InChI is InChI=1S/C28H18N4O5/c33-22-21(23(34)25(36)26(37)24(22)35)32-18-13-7-5-11-16(18)20-28(32)30-27-19(29-20)15-10-4-6-12-17(15)31(27)14-8-2-1-3-9-14/h1-13,33-37H. The molecule has 37 heavy (non-hydrogen) atoms. The molecule has 7 aromatic rings. The second-order valence-corrected chi connectivity index (χ2v) is 8.70. The topological polar surface area (TPSA) is 137 Å². The van der Waals surface area contributed by atoms with E-state index in [0.29, 0.717) is 27.6 Å². The molecule has 180 valence electrons. The van der Waals surface area contributed by atoms with Crippen molar-refractivity contribution in [3.05, 3.63) is 78.9 Å². The van der Waals surface area contributed by atoms with Crippen molar-refractivity contribution in [3.8, 4) is 40.1 Å². The van der Waals surface area contributed by atoms with Crippen molar-refractivity contribution >= 4 is 44.1 Å². The number of fused-ring (bicyclic) bond motifs is 6. The van der Waals surface area contributed by atoms with E-state index in [4.69, 9.17) is 9.97 Å². The monoisotopic (exact) mass is 490 g/mol. The summed E-state index contributed by atoms with van der Waals surface area (Å²) in [6.07, 6.45) is 0. The fourth-order valence-electron chi connectivity index (χ4n) is 5.01. The van der Waals surface area contributed by atoms with Gasteiger partial charge in [0.05, 0.1) is 11.0 Å². The summed E-state index contributed by atoms with van der Waals surface area (Å²) in [5, 5.41) is 53.6. The number of phenols is 5. The molecule has 0 aliphatic rings. The third-order valence-corrected chi connectivity index (χ3v) is 6.67. The molecule has 0 saturated carbocycles. The predicted molar refractivity (Wildman–Crippen MR) is 139 cm³/mol. The summed E-state index contributed by atoms with van der Waals surface area (Å²) in [4.78, 5) is 9.99. The molecule has 9 nitrogen and oxygen atoms in total. The molecule has 3 heterocycles. The summed E-state index contributed by atoms with van der Waals surface area (Å²) in [6.45, 7) is 0. The Morgan fingerprint density at radius 1 is 0.459 bits per heavy atom. The number of phenolic OH excluding ortho intramolecular Hbond substituents is 5. The molecule has 0 saturated heterocycles. The van der Waals surface area contributed by atoms with Crippen LogP contribution in [0.15, 0.2) is 78.9 Å². The normalized spacial score (nSPS) is 11.8. The number of hydrogen-bond donors (Lipinski definition) is 5. The van der Waals surface area contributed by atoms with E-state index in [-0.39, 0.29) is 11.3 Å². The minimum Gasteiger partial charge on any atom is -0.503 e. The highest BCUT2D eigenvalue weighted by molar-refractivity contribution is 6.13. The molecule has 0 radical (unpaired) electrons. The number of nitrogens with zero attached hydrogens (tertiary/aromatic N) is 4. The van der Waals surface area contributed by atoms with E-state index in [1.807, 2.05) is 71.3 Å². The van der Waals surface area contributed by atoms with Crippen LogP contribution in [0.5, 0.6) is 28.7 Å². The number of aromatic hydroxyl groups is 5. The molecular formula is C28H18N4O5. The van der Waals surface area contributed by atoms with Gasteiger partial charge in [0.15, 0.2) is 22.8 Å². The molecule has 4 aromatic carbocycles. The van der Waals surface area contributed by atoms with Gasteiger partial charge in [-0.2, -0.15) is 0 Å². The maximum absolute atomic E-state index is 10.8. The molecule has 0 unspecified atom stereocenters. The zero-order valence-corrected chi connectivity index (χ0v) is 19.0. The summed E-state index contributed by atoms with van der Waals surface area (Å²) in [5.74, 6) is -4.61. The Morgan fingerprint density at radius 3 is 1.51 bits per heavy atom. The Morgan fingerprint density at radius 2 is 0.919 bits per heavy atom. The van der Waals surface area contributed by atoms with E-state index < -0.39 is 28.7 Å². The van der Waals surface area contributed by atoms with Gasteiger partial charge in [0.25, 0.3) is 0 Å². The van der Waals surface area contributed by atoms with Gasteiger partial charge in [-0.15, -0.1) is 0 Å². The Kier molecular flexibility index (Phi) is 4.11. The Bertz CT molecular complexity index is 2010. The smallest absolute Gasteiger partial charge is 0.208 e. The highest BCUT2D eigenvalue weighted by atomic mass is 16.4. The molecule has 7 rings (SSSR count). The number of benzene rings is 4. The van der Waals surface area contributed by atoms with Gasteiger partial charge in [0, 0.05) is 16.5 Å². The van der Waals surface area contributed by atoms with Crippen molar-refractivity contribution < 1.29 is 25.5 Å². The molecule has 0 spiro atoms. The molecule has 5 N–H and O–H groups in total. The maximum atomic E-state index is 10.8. The molecule has 0 aliphatic heterocycles. The van der Waals surface area contributed by atoms with Gasteiger partial charge in [0.2, 0.25) is 17.2 Å². The largest absolute Gasteiger partial charge is 0.503 e. The average Bonchev–Trinajstić information content (AvgIpc) is 3.43. The van der Waals surface area contributed by atoms with Gasteiger partial charge in [-0.25, -0.2) is 9.97 Å². The van der Waals surface area contributed by atoms with Crippen molar-refractivity contribution in [1.82, 2.24) is 19.1 Å². The summed E-state index contributed by atoms with van der Waals surface area (Å²) in [5.41, 5.74) is 3.91. The third-order valence-electron chi connectivity index (χ3n) is 6.67. The lowest BCUT2D eigenvalue weighted by atomic mass is 10.2. The van der Waals surface area contributed by atoms with Crippen molar-refractivity contribution in [3.63, 3.8) is 0 Å². The predicted octanol–water partition coefficient (Wildman–Crippen LogP) is 5.20. The fraction of sp³-hybridized carbons (Fsp3) is 0. The first kappa shape index (κ1) is 20.9. The number of aromatic nitrogens is 4. The van der Waals surface area contributed by atoms with Crippen LogP contribution < -0.4 is 0 Å². The average molecular weight is 490 g/mol. The van der Waals surface area contributed by atoms with Crippen LogP contribution in [-0.4, -0.2) is 44.6 Å². The van der Waals surface area contributed by atoms with Gasteiger partial charge in [-0.05, 0) is 24.3 Å². The summed E-state index contributed by atoms with van der Waals surface area (Å²) < 4.78 is 3.39. The van der Waals surface area contributed by atoms with Crippen LogP contribution >= 0.6 is 0 Å². The van der Waals surface area contributed by atoms with E-state index in [1.54, 1.807) is 12.1 Å². The minimum atomic E-state index is -1.03. The van der Waals surface area contributed by atoms with Crippen molar-refractivity contribution in [2.24, 2.45) is 0 Å². The van der Waals surface area contributed by atoms with Crippen LogP contribution in [0.4, 0.5) is 0 Å². The Hall–Kier alpha value is -5.44. The van der Waals surface area contributed by atoms with Crippen LogP contribution in [0, 0.1) is 0 Å².